The Balaban J connectivity index is 0.934. The lowest BCUT2D eigenvalue weighted by Gasteiger charge is -2.34. The van der Waals surface area contributed by atoms with E-state index in [0.717, 1.165) is 63.5 Å². The number of morpholine rings is 1. The topological polar surface area (TPSA) is 160 Å². The Morgan fingerprint density at radius 3 is 1.88 bits per heavy atom. The van der Waals surface area contributed by atoms with Gasteiger partial charge < -0.3 is 40.3 Å². The zero-order valence-electron chi connectivity index (χ0n) is 28.2. The molecule has 4 saturated heterocycles. The normalized spacial score (nSPS) is 25.2. The first-order valence-corrected chi connectivity index (χ1v) is 17.9. The first-order chi connectivity index (χ1) is 24.4. The molecular formula is C36H45N9O5. The van der Waals surface area contributed by atoms with Crippen LogP contribution >= 0.6 is 0 Å². The number of aromatic nitrogens is 3. The number of benzene rings is 2. The van der Waals surface area contributed by atoms with Crippen LogP contribution in [0, 0.1) is 0 Å². The lowest BCUT2D eigenvalue weighted by Crippen LogP contribution is -2.49. The largest absolute Gasteiger partial charge is 0.394 e. The SMILES string of the molecule is O=C(Nc1ccc(C(=O)N2CCN(C3CC3)CC2)cc1)Nc1ccc(-c2nc(N3CC4CCC(C3)O4)nc(N3C(CO)CCC3CO)n2)cc1. The third-order valence-corrected chi connectivity index (χ3v) is 10.7. The highest BCUT2D eigenvalue weighted by Gasteiger charge is 2.38. The Kier molecular flexibility index (Phi) is 9.25. The van der Waals surface area contributed by atoms with Gasteiger partial charge in [-0.3, -0.25) is 9.69 Å². The number of nitrogens with zero attached hydrogens (tertiary/aromatic N) is 7. The van der Waals surface area contributed by atoms with Crippen molar-refractivity contribution in [2.75, 3.05) is 72.9 Å². The van der Waals surface area contributed by atoms with Gasteiger partial charge in [0.15, 0.2) is 5.82 Å². The maximum atomic E-state index is 13.0. The van der Waals surface area contributed by atoms with Gasteiger partial charge in [-0.1, -0.05) is 0 Å². The van der Waals surface area contributed by atoms with E-state index in [1.165, 1.54) is 12.8 Å². The molecule has 14 nitrogen and oxygen atoms in total. The first-order valence-electron chi connectivity index (χ1n) is 17.9. The number of urea groups is 1. The Morgan fingerprint density at radius 1 is 0.720 bits per heavy atom. The standard InChI is InChI=1S/C36H45N9O5/c46-21-28-11-12-29(22-47)45(28)35-40-32(39-34(41-35)44-19-30-13-14-31(20-44)50-30)23-1-5-25(6-2-23)37-36(49)38-26-7-3-24(4-8-26)33(48)43-17-15-42(16-18-43)27-9-10-27/h1-8,27-31,46-47H,9-22H2,(H2,37,38,49). The summed E-state index contributed by atoms with van der Waals surface area (Å²) in [5.74, 6) is 1.48. The van der Waals surface area contributed by atoms with E-state index < -0.39 is 6.03 Å². The molecule has 3 amide bonds. The van der Waals surface area contributed by atoms with Gasteiger partial charge in [0.05, 0.1) is 37.5 Å². The molecule has 50 heavy (non-hydrogen) atoms. The van der Waals surface area contributed by atoms with Crippen molar-refractivity contribution in [2.24, 2.45) is 0 Å². The lowest BCUT2D eigenvalue weighted by molar-refractivity contribution is 0.0299. The zero-order valence-corrected chi connectivity index (χ0v) is 28.2. The molecule has 5 aliphatic rings. The molecule has 4 N–H and O–H groups in total. The van der Waals surface area contributed by atoms with Crippen LogP contribution in [0.2, 0.25) is 0 Å². The summed E-state index contributed by atoms with van der Waals surface area (Å²) < 4.78 is 6.05. The van der Waals surface area contributed by atoms with Crippen molar-refractivity contribution in [3.05, 3.63) is 54.1 Å². The number of carbonyl (C=O) groups is 2. The number of fused-ring (bicyclic) bond motifs is 2. The Hall–Kier alpha value is -4.37. The van der Waals surface area contributed by atoms with Crippen molar-refractivity contribution in [1.29, 1.82) is 0 Å². The minimum atomic E-state index is -0.404. The molecule has 4 atom stereocenters. The lowest BCUT2D eigenvalue weighted by atomic mass is 10.1. The van der Waals surface area contributed by atoms with E-state index in [9.17, 15) is 19.8 Å². The van der Waals surface area contributed by atoms with Crippen LogP contribution in [-0.4, -0.2) is 130 Å². The number of anilines is 4. The number of ether oxygens (including phenoxy) is 1. The van der Waals surface area contributed by atoms with Gasteiger partial charge in [0.25, 0.3) is 5.91 Å². The van der Waals surface area contributed by atoms with E-state index in [1.54, 1.807) is 36.4 Å². The van der Waals surface area contributed by atoms with Crippen molar-refractivity contribution in [3.63, 3.8) is 0 Å². The molecule has 1 aliphatic carbocycles. The number of amides is 3. The van der Waals surface area contributed by atoms with Crippen LogP contribution in [0.3, 0.4) is 0 Å². The molecule has 5 fully saturated rings. The van der Waals surface area contributed by atoms with Gasteiger partial charge in [0.1, 0.15) is 0 Å². The van der Waals surface area contributed by atoms with Crippen molar-refractivity contribution in [3.8, 4) is 11.4 Å². The summed E-state index contributed by atoms with van der Waals surface area (Å²) in [7, 11) is 0. The van der Waals surface area contributed by atoms with Gasteiger partial charge >= 0.3 is 6.03 Å². The number of aliphatic hydroxyl groups excluding tert-OH is 2. The third kappa shape index (κ3) is 6.97. The Labute approximate surface area is 291 Å². The average Bonchev–Trinajstić information content (AvgIpc) is 3.83. The van der Waals surface area contributed by atoms with Crippen molar-refractivity contribution in [1.82, 2.24) is 24.8 Å². The van der Waals surface area contributed by atoms with Crippen LogP contribution < -0.4 is 20.4 Å². The van der Waals surface area contributed by atoms with Crippen LogP contribution in [0.1, 0.15) is 48.9 Å². The maximum absolute atomic E-state index is 13.0. The third-order valence-electron chi connectivity index (χ3n) is 10.7. The van der Waals surface area contributed by atoms with E-state index in [1.807, 2.05) is 21.9 Å². The number of hydrogen-bond acceptors (Lipinski definition) is 11. The van der Waals surface area contributed by atoms with E-state index >= 15 is 0 Å². The summed E-state index contributed by atoms with van der Waals surface area (Å²) >= 11 is 0. The second kappa shape index (κ2) is 14.1. The fourth-order valence-electron chi connectivity index (χ4n) is 7.77. The summed E-state index contributed by atoms with van der Waals surface area (Å²) in [6.45, 7) is 4.62. The Bertz CT molecular complexity index is 1660. The second-order valence-electron chi connectivity index (χ2n) is 14.1. The van der Waals surface area contributed by atoms with Crippen LogP contribution in [0.15, 0.2) is 48.5 Å². The molecule has 0 spiro atoms. The van der Waals surface area contributed by atoms with E-state index in [4.69, 9.17) is 19.7 Å². The number of aliphatic hydroxyl groups is 2. The smallest absolute Gasteiger partial charge is 0.323 e. The highest BCUT2D eigenvalue weighted by molar-refractivity contribution is 6.00. The molecule has 2 aromatic carbocycles. The van der Waals surface area contributed by atoms with Crippen molar-refractivity contribution >= 4 is 35.2 Å². The number of hydrogen-bond donors (Lipinski definition) is 4. The van der Waals surface area contributed by atoms with Crippen LogP contribution in [0.5, 0.6) is 0 Å². The molecule has 2 bridgehead atoms. The van der Waals surface area contributed by atoms with E-state index in [0.29, 0.717) is 47.7 Å². The van der Waals surface area contributed by atoms with Gasteiger partial charge in [-0.2, -0.15) is 15.0 Å². The molecular weight excluding hydrogens is 638 g/mol. The van der Waals surface area contributed by atoms with Gasteiger partial charge in [-0.05, 0) is 87.1 Å². The highest BCUT2D eigenvalue weighted by atomic mass is 16.5. The fourth-order valence-corrected chi connectivity index (χ4v) is 7.77. The monoisotopic (exact) mass is 683 g/mol. The summed E-state index contributed by atoms with van der Waals surface area (Å²) in [6.07, 6.45) is 6.36. The zero-order chi connectivity index (χ0) is 34.2. The molecule has 3 aromatic rings. The molecule has 8 rings (SSSR count). The van der Waals surface area contributed by atoms with Crippen LogP contribution in [-0.2, 0) is 4.74 Å². The average molecular weight is 684 g/mol. The van der Waals surface area contributed by atoms with Gasteiger partial charge in [0.2, 0.25) is 11.9 Å². The fraction of sp³-hybridized carbons (Fsp3) is 0.528. The Morgan fingerprint density at radius 2 is 1.30 bits per heavy atom. The quantitative estimate of drug-likeness (QED) is 0.263. The summed E-state index contributed by atoms with van der Waals surface area (Å²) in [4.78, 5) is 49.0. The molecule has 5 heterocycles. The minimum absolute atomic E-state index is 0.0212. The summed E-state index contributed by atoms with van der Waals surface area (Å²) in [5, 5.41) is 25.9. The number of carbonyl (C=O) groups excluding carboxylic acids is 2. The molecule has 1 saturated carbocycles. The number of nitrogens with one attached hydrogen (secondary N) is 2. The molecule has 264 valence electrons. The number of piperazine rings is 1. The maximum Gasteiger partial charge on any atom is 0.323 e. The van der Waals surface area contributed by atoms with Gasteiger partial charge in [0, 0.05) is 67.8 Å². The predicted octanol–water partition coefficient (Wildman–Crippen LogP) is 2.79. The van der Waals surface area contributed by atoms with Gasteiger partial charge in [-0.15, -0.1) is 0 Å². The predicted molar refractivity (Wildman–Crippen MR) is 188 cm³/mol. The molecule has 4 aliphatic heterocycles. The van der Waals surface area contributed by atoms with Crippen LogP contribution in [0.25, 0.3) is 11.4 Å². The van der Waals surface area contributed by atoms with E-state index in [-0.39, 0.29) is 43.4 Å². The highest BCUT2D eigenvalue weighted by Crippen LogP contribution is 2.33. The van der Waals surface area contributed by atoms with Gasteiger partial charge in [-0.25, -0.2) is 4.79 Å². The summed E-state index contributed by atoms with van der Waals surface area (Å²) in [5.41, 5.74) is 2.52. The van der Waals surface area contributed by atoms with Crippen LogP contribution in [0.4, 0.5) is 28.1 Å². The molecule has 1 aromatic heterocycles. The molecule has 4 unspecified atom stereocenters. The van der Waals surface area contributed by atoms with Crippen molar-refractivity contribution in [2.45, 2.75) is 68.9 Å². The summed E-state index contributed by atoms with van der Waals surface area (Å²) in [6, 6.07) is 14.2. The minimum Gasteiger partial charge on any atom is -0.394 e. The first kappa shape index (κ1) is 32.8. The molecule has 14 heteroatoms. The van der Waals surface area contributed by atoms with E-state index in [2.05, 4.69) is 20.4 Å². The second-order valence-corrected chi connectivity index (χ2v) is 14.1. The number of rotatable bonds is 9. The van der Waals surface area contributed by atoms with Crippen molar-refractivity contribution < 1.29 is 24.5 Å². The molecule has 0 radical (unpaired) electrons.